The van der Waals surface area contributed by atoms with Crippen LogP contribution in [0.25, 0.3) is 11.3 Å². The van der Waals surface area contributed by atoms with E-state index >= 15 is 0 Å². The molecule has 6 heteroatoms. The van der Waals surface area contributed by atoms with Crippen LogP contribution in [0.4, 0.5) is 20.3 Å². The van der Waals surface area contributed by atoms with Gasteiger partial charge >= 0.3 is 0 Å². The molecular formula is C21H22F2N4. The third kappa shape index (κ3) is 3.16. The van der Waals surface area contributed by atoms with Crippen molar-refractivity contribution < 1.29 is 8.78 Å². The molecule has 0 atom stereocenters. The fourth-order valence-corrected chi connectivity index (χ4v) is 3.63. The Hall–Kier alpha value is -2.89. The number of hydrogen-bond donors (Lipinski definition) is 1. The normalized spacial score (nSPS) is 13.6. The lowest BCUT2D eigenvalue weighted by Gasteiger charge is -2.29. The molecule has 1 aliphatic heterocycles. The summed E-state index contributed by atoms with van der Waals surface area (Å²) in [4.78, 5) is 12.1. The standard InChI is InChI=1S/C21H22F2N4/c1-13-9-15(26(2)3)11-24-21(13)27-8-7-18-14(12-27)10-19(25-18)20-16(22)5-4-6-17(20)23/h4-6,9-11,25H,7-8,12H2,1-3H3. The SMILES string of the molecule is Cc1cc(N(C)C)cnc1N1CCc2[nH]c(-c3c(F)cccc3F)cc2C1. The highest BCUT2D eigenvalue weighted by atomic mass is 19.1. The Balaban J connectivity index is 1.64. The van der Waals surface area contributed by atoms with E-state index in [-0.39, 0.29) is 5.56 Å². The number of nitrogens with zero attached hydrogens (tertiary/aromatic N) is 3. The highest BCUT2D eigenvalue weighted by Crippen LogP contribution is 2.32. The molecule has 2 aromatic heterocycles. The van der Waals surface area contributed by atoms with Gasteiger partial charge in [0, 0.05) is 39.3 Å². The highest BCUT2D eigenvalue weighted by molar-refractivity contribution is 5.64. The summed E-state index contributed by atoms with van der Waals surface area (Å²) >= 11 is 0. The Labute approximate surface area is 157 Å². The second-order valence-electron chi connectivity index (χ2n) is 7.18. The quantitative estimate of drug-likeness (QED) is 0.749. The molecule has 4 rings (SSSR count). The zero-order chi connectivity index (χ0) is 19.1. The molecule has 0 spiro atoms. The fourth-order valence-electron chi connectivity index (χ4n) is 3.63. The average molecular weight is 368 g/mol. The number of hydrogen-bond acceptors (Lipinski definition) is 3. The summed E-state index contributed by atoms with van der Waals surface area (Å²) in [6.07, 6.45) is 2.65. The lowest BCUT2D eigenvalue weighted by atomic mass is 10.1. The van der Waals surface area contributed by atoms with Crippen LogP contribution in [0.15, 0.2) is 36.5 Å². The van der Waals surface area contributed by atoms with Crippen LogP contribution in [0.2, 0.25) is 0 Å². The van der Waals surface area contributed by atoms with Crippen molar-refractivity contribution >= 4 is 11.5 Å². The largest absolute Gasteiger partial charge is 0.376 e. The molecule has 0 radical (unpaired) electrons. The van der Waals surface area contributed by atoms with Crippen LogP contribution in [0.1, 0.15) is 16.8 Å². The van der Waals surface area contributed by atoms with E-state index in [2.05, 4.69) is 27.9 Å². The average Bonchev–Trinajstić information content (AvgIpc) is 3.04. The summed E-state index contributed by atoms with van der Waals surface area (Å²) < 4.78 is 28.2. The molecule has 1 aromatic carbocycles. The smallest absolute Gasteiger partial charge is 0.135 e. The Morgan fingerprint density at radius 2 is 1.89 bits per heavy atom. The second kappa shape index (κ2) is 6.68. The lowest BCUT2D eigenvalue weighted by molar-refractivity contribution is 0.589. The van der Waals surface area contributed by atoms with Gasteiger partial charge in [-0.2, -0.15) is 0 Å². The molecule has 0 aliphatic carbocycles. The first-order valence-electron chi connectivity index (χ1n) is 8.98. The minimum absolute atomic E-state index is 0.00286. The zero-order valence-electron chi connectivity index (χ0n) is 15.7. The second-order valence-corrected chi connectivity index (χ2v) is 7.18. The number of nitrogens with one attached hydrogen (secondary N) is 1. The number of H-pyrrole nitrogens is 1. The fraction of sp³-hybridized carbons (Fsp3) is 0.286. The van der Waals surface area contributed by atoms with Crippen molar-refractivity contribution in [2.45, 2.75) is 19.9 Å². The Morgan fingerprint density at radius 1 is 1.15 bits per heavy atom. The monoisotopic (exact) mass is 368 g/mol. The van der Waals surface area contributed by atoms with Crippen molar-refractivity contribution in [1.29, 1.82) is 0 Å². The van der Waals surface area contributed by atoms with Crippen LogP contribution in [0.3, 0.4) is 0 Å². The van der Waals surface area contributed by atoms with Gasteiger partial charge in [-0.05, 0) is 42.3 Å². The van der Waals surface area contributed by atoms with E-state index in [4.69, 9.17) is 0 Å². The van der Waals surface area contributed by atoms with Gasteiger partial charge < -0.3 is 14.8 Å². The molecule has 4 nitrogen and oxygen atoms in total. The van der Waals surface area contributed by atoms with Gasteiger partial charge in [0.2, 0.25) is 0 Å². The van der Waals surface area contributed by atoms with Gasteiger partial charge in [0.05, 0.1) is 23.1 Å². The first-order valence-corrected chi connectivity index (χ1v) is 8.98. The molecular weight excluding hydrogens is 346 g/mol. The summed E-state index contributed by atoms with van der Waals surface area (Å²) in [6, 6.07) is 7.92. The van der Waals surface area contributed by atoms with E-state index in [1.54, 1.807) is 0 Å². The molecule has 1 aliphatic rings. The van der Waals surface area contributed by atoms with Crippen LogP contribution >= 0.6 is 0 Å². The number of aromatic nitrogens is 2. The van der Waals surface area contributed by atoms with Crippen molar-refractivity contribution in [1.82, 2.24) is 9.97 Å². The molecule has 27 heavy (non-hydrogen) atoms. The van der Waals surface area contributed by atoms with Crippen molar-refractivity contribution in [3.05, 3.63) is 65.0 Å². The summed E-state index contributed by atoms with van der Waals surface area (Å²) in [6.45, 7) is 3.53. The van der Waals surface area contributed by atoms with E-state index in [9.17, 15) is 8.78 Å². The van der Waals surface area contributed by atoms with Crippen molar-refractivity contribution in [2.75, 3.05) is 30.4 Å². The third-order valence-electron chi connectivity index (χ3n) is 5.07. The minimum atomic E-state index is -0.553. The Morgan fingerprint density at radius 3 is 2.56 bits per heavy atom. The van der Waals surface area contributed by atoms with E-state index < -0.39 is 11.6 Å². The number of aromatic amines is 1. The molecule has 0 amide bonds. The minimum Gasteiger partial charge on any atom is -0.376 e. The number of rotatable bonds is 3. The molecule has 3 aromatic rings. The van der Waals surface area contributed by atoms with Gasteiger partial charge in [0.15, 0.2) is 0 Å². The van der Waals surface area contributed by atoms with Gasteiger partial charge in [-0.3, -0.25) is 0 Å². The number of anilines is 2. The maximum atomic E-state index is 14.1. The van der Waals surface area contributed by atoms with Gasteiger partial charge in [-0.25, -0.2) is 13.8 Å². The maximum absolute atomic E-state index is 14.1. The van der Waals surface area contributed by atoms with Gasteiger partial charge in [0.25, 0.3) is 0 Å². The van der Waals surface area contributed by atoms with Crippen LogP contribution in [-0.2, 0) is 13.0 Å². The van der Waals surface area contributed by atoms with Crippen molar-refractivity contribution in [2.24, 2.45) is 0 Å². The summed E-state index contributed by atoms with van der Waals surface area (Å²) in [5.41, 5.74) is 4.75. The predicted octanol–water partition coefficient (Wildman–Crippen LogP) is 4.29. The maximum Gasteiger partial charge on any atom is 0.135 e. The van der Waals surface area contributed by atoms with Crippen molar-refractivity contribution in [3.63, 3.8) is 0 Å². The number of fused-ring (bicyclic) bond motifs is 1. The molecule has 0 bridgehead atoms. The van der Waals surface area contributed by atoms with E-state index in [1.807, 2.05) is 31.3 Å². The molecule has 3 heterocycles. The zero-order valence-corrected chi connectivity index (χ0v) is 15.7. The number of halogens is 2. The van der Waals surface area contributed by atoms with E-state index in [0.717, 1.165) is 41.3 Å². The van der Waals surface area contributed by atoms with Crippen LogP contribution in [0.5, 0.6) is 0 Å². The predicted molar refractivity (Wildman–Crippen MR) is 104 cm³/mol. The summed E-state index contributed by atoms with van der Waals surface area (Å²) in [5, 5.41) is 0. The Bertz CT molecular complexity index is 974. The van der Waals surface area contributed by atoms with Gasteiger partial charge in [-0.1, -0.05) is 6.07 Å². The van der Waals surface area contributed by atoms with Crippen LogP contribution < -0.4 is 9.80 Å². The number of benzene rings is 1. The summed E-state index contributed by atoms with van der Waals surface area (Å²) in [7, 11) is 3.99. The van der Waals surface area contributed by atoms with E-state index in [0.29, 0.717) is 12.2 Å². The van der Waals surface area contributed by atoms with Gasteiger partial charge in [-0.15, -0.1) is 0 Å². The number of pyridine rings is 1. The molecule has 0 saturated heterocycles. The van der Waals surface area contributed by atoms with E-state index in [1.165, 1.54) is 18.2 Å². The molecule has 0 unspecified atom stereocenters. The number of aryl methyl sites for hydroxylation is 1. The van der Waals surface area contributed by atoms with Crippen LogP contribution in [-0.4, -0.2) is 30.6 Å². The summed E-state index contributed by atoms with van der Waals surface area (Å²) in [5.74, 6) is -0.157. The molecule has 1 N–H and O–H groups in total. The molecule has 0 fully saturated rings. The lowest BCUT2D eigenvalue weighted by Crippen LogP contribution is -2.31. The van der Waals surface area contributed by atoms with Crippen molar-refractivity contribution in [3.8, 4) is 11.3 Å². The topological polar surface area (TPSA) is 35.2 Å². The third-order valence-corrected chi connectivity index (χ3v) is 5.07. The first-order chi connectivity index (χ1) is 12.9. The van der Waals surface area contributed by atoms with Crippen LogP contribution in [0, 0.1) is 18.6 Å². The Kier molecular flexibility index (Phi) is 4.34. The highest BCUT2D eigenvalue weighted by Gasteiger charge is 2.23. The van der Waals surface area contributed by atoms with Gasteiger partial charge in [0.1, 0.15) is 17.5 Å². The molecule has 140 valence electrons. The first kappa shape index (κ1) is 17.5. The molecule has 0 saturated carbocycles.